The van der Waals surface area contributed by atoms with Crippen molar-refractivity contribution in [3.05, 3.63) is 34.9 Å². The van der Waals surface area contributed by atoms with E-state index in [1.54, 1.807) is 12.1 Å². The van der Waals surface area contributed by atoms with Crippen LogP contribution in [-0.4, -0.2) is 40.6 Å². The van der Waals surface area contributed by atoms with E-state index in [1.165, 1.54) is 0 Å². The molecular weight excluding hydrogens is 282 g/mol. The molecule has 5 heteroatoms. The molecule has 3 heterocycles. The molecule has 3 unspecified atom stereocenters. The Balaban J connectivity index is 1.56. The molecule has 0 aliphatic carbocycles. The van der Waals surface area contributed by atoms with Crippen molar-refractivity contribution in [2.45, 2.75) is 44.4 Å². The van der Waals surface area contributed by atoms with E-state index in [-0.39, 0.29) is 24.0 Å². The fourth-order valence-corrected chi connectivity index (χ4v) is 4.10. The Morgan fingerprint density at radius 1 is 1.27 bits per heavy atom. The molecule has 2 saturated heterocycles. The van der Waals surface area contributed by atoms with Gasteiger partial charge in [0.1, 0.15) is 0 Å². The van der Waals surface area contributed by atoms with E-state index in [1.807, 2.05) is 11.0 Å². The standard InChI is InChI=1S/C17H19NO4/c19-16(13-8-11-4-5-15(13)22-11)18-7-6-10-2-1-3-12(17(20)21)14(10)9-18/h1-3,11,13,15H,4-9H2,(H,20,21). The van der Waals surface area contributed by atoms with Crippen molar-refractivity contribution in [2.75, 3.05) is 6.54 Å². The Hall–Kier alpha value is -1.88. The summed E-state index contributed by atoms with van der Waals surface area (Å²) in [5.74, 6) is -0.815. The fourth-order valence-electron chi connectivity index (χ4n) is 4.10. The zero-order valence-electron chi connectivity index (χ0n) is 12.3. The van der Waals surface area contributed by atoms with Gasteiger partial charge in [-0.2, -0.15) is 0 Å². The molecule has 2 bridgehead atoms. The average Bonchev–Trinajstić information content (AvgIpc) is 3.16. The SMILES string of the molecule is O=C(O)c1cccc2c1CN(C(=O)C1CC3CCC1O3)CC2. The molecule has 4 rings (SSSR count). The number of carbonyl (C=O) groups is 2. The molecule has 3 atom stereocenters. The van der Waals surface area contributed by atoms with Gasteiger partial charge in [-0.15, -0.1) is 0 Å². The van der Waals surface area contributed by atoms with Crippen LogP contribution in [0.15, 0.2) is 18.2 Å². The Kier molecular flexibility index (Phi) is 3.18. The largest absolute Gasteiger partial charge is 0.478 e. The summed E-state index contributed by atoms with van der Waals surface area (Å²) in [6, 6.07) is 5.36. The molecule has 1 aromatic rings. The Morgan fingerprint density at radius 3 is 2.82 bits per heavy atom. The van der Waals surface area contributed by atoms with Crippen molar-refractivity contribution in [1.82, 2.24) is 4.90 Å². The molecule has 116 valence electrons. The summed E-state index contributed by atoms with van der Waals surface area (Å²) in [5, 5.41) is 9.34. The van der Waals surface area contributed by atoms with E-state index in [0.29, 0.717) is 18.7 Å². The van der Waals surface area contributed by atoms with Crippen molar-refractivity contribution in [3.8, 4) is 0 Å². The molecule has 0 radical (unpaired) electrons. The third-order valence-electron chi connectivity index (χ3n) is 5.24. The van der Waals surface area contributed by atoms with Gasteiger partial charge in [-0.3, -0.25) is 4.79 Å². The maximum absolute atomic E-state index is 12.8. The lowest BCUT2D eigenvalue weighted by atomic mass is 9.87. The van der Waals surface area contributed by atoms with Gasteiger partial charge < -0.3 is 14.7 Å². The van der Waals surface area contributed by atoms with Crippen LogP contribution in [0.3, 0.4) is 0 Å². The second-order valence-corrected chi connectivity index (χ2v) is 6.47. The Morgan fingerprint density at radius 2 is 2.14 bits per heavy atom. The number of nitrogens with zero attached hydrogens (tertiary/aromatic N) is 1. The van der Waals surface area contributed by atoms with E-state index in [0.717, 1.165) is 36.8 Å². The molecule has 1 amide bonds. The summed E-state index contributed by atoms with van der Waals surface area (Å²) in [7, 11) is 0. The molecule has 1 aromatic carbocycles. The van der Waals surface area contributed by atoms with E-state index >= 15 is 0 Å². The molecule has 0 spiro atoms. The zero-order chi connectivity index (χ0) is 15.3. The van der Waals surface area contributed by atoms with Crippen LogP contribution >= 0.6 is 0 Å². The zero-order valence-corrected chi connectivity index (χ0v) is 12.3. The molecule has 5 nitrogen and oxygen atoms in total. The molecule has 22 heavy (non-hydrogen) atoms. The first kappa shape index (κ1) is 13.8. The lowest BCUT2D eigenvalue weighted by molar-refractivity contribution is -0.138. The summed E-state index contributed by atoms with van der Waals surface area (Å²) in [6.07, 6.45) is 3.93. The first-order valence-corrected chi connectivity index (χ1v) is 7.92. The highest BCUT2D eigenvalue weighted by Crippen LogP contribution is 2.40. The number of carbonyl (C=O) groups excluding carboxylic acids is 1. The summed E-state index contributed by atoms with van der Waals surface area (Å²) in [5.41, 5.74) is 2.16. The number of benzene rings is 1. The van der Waals surface area contributed by atoms with Crippen LogP contribution in [0.1, 0.15) is 40.7 Å². The molecule has 0 saturated carbocycles. The van der Waals surface area contributed by atoms with Gasteiger partial charge in [-0.05, 0) is 42.9 Å². The van der Waals surface area contributed by atoms with Crippen molar-refractivity contribution >= 4 is 11.9 Å². The molecular formula is C17H19NO4. The number of hydrogen-bond donors (Lipinski definition) is 1. The molecule has 0 aromatic heterocycles. The van der Waals surface area contributed by atoms with Gasteiger partial charge in [-0.25, -0.2) is 4.79 Å². The van der Waals surface area contributed by atoms with Gasteiger partial charge in [0.25, 0.3) is 0 Å². The number of carboxylic acids is 1. The monoisotopic (exact) mass is 301 g/mol. The highest BCUT2D eigenvalue weighted by molar-refractivity contribution is 5.90. The minimum atomic E-state index is -0.922. The molecule has 3 aliphatic heterocycles. The van der Waals surface area contributed by atoms with Gasteiger partial charge in [0.2, 0.25) is 5.91 Å². The third kappa shape index (κ3) is 2.11. The number of hydrogen-bond acceptors (Lipinski definition) is 3. The first-order valence-electron chi connectivity index (χ1n) is 7.92. The first-order chi connectivity index (χ1) is 10.6. The number of ether oxygens (including phenoxy) is 1. The normalized spacial score (nSPS) is 29.5. The maximum Gasteiger partial charge on any atom is 0.336 e. The van der Waals surface area contributed by atoms with Crippen LogP contribution in [0, 0.1) is 5.92 Å². The van der Waals surface area contributed by atoms with Crippen LogP contribution < -0.4 is 0 Å². The van der Waals surface area contributed by atoms with Crippen molar-refractivity contribution in [1.29, 1.82) is 0 Å². The minimum absolute atomic E-state index is 0.0303. The van der Waals surface area contributed by atoms with E-state index in [9.17, 15) is 14.7 Å². The second-order valence-electron chi connectivity index (χ2n) is 6.47. The minimum Gasteiger partial charge on any atom is -0.478 e. The predicted octanol–water partition coefficient (Wildman–Crippen LogP) is 1.84. The van der Waals surface area contributed by atoms with Gasteiger partial charge >= 0.3 is 5.97 Å². The Labute approximate surface area is 128 Å². The lowest BCUT2D eigenvalue weighted by Crippen LogP contribution is -2.43. The van der Waals surface area contributed by atoms with Crippen LogP contribution in [0.2, 0.25) is 0 Å². The van der Waals surface area contributed by atoms with Crippen LogP contribution in [0.25, 0.3) is 0 Å². The van der Waals surface area contributed by atoms with Gasteiger partial charge in [0, 0.05) is 13.1 Å². The quantitative estimate of drug-likeness (QED) is 0.905. The molecule has 3 aliphatic rings. The number of amides is 1. The van der Waals surface area contributed by atoms with E-state index < -0.39 is 5.97 Å². The summed E-state index contributed by atoms with van der Waals surface area (Å²) < 4.78 is 5.79. The van der Waals surface area contributed by atoms with Gasteiger partial charge in [0.15, 0.2) is 0 Å². The maximum atomic E-state index is 12.8. The summed E-state index contributed by atoms with van der Waals surface area (Å²) >= 11 is 0. The molecule has 1 N–H and O–H groups in total. The highest BCUT2D eigenvalue weighted by Gasteiger charge is 2.46. The van der Waals surface area contributed by atoms with Crippen molar-refractivity contribution in [2.24, 2.45) is 5.92 Å². The molecule has 2 fully saturated rings. The van der Waals surface area contributed by atoms with E-state index in [4.69, 9.17) is 4.74 Å². The van der Waals surface area contributed by atoms with Gasteiger partial charge in [0.05, 0.1) is 23.7 Å². The number of fused-ring (bicyclic) bond motifs is 3. The average molecular weight is 301 g/mol. The third-order valence-corrected chi connectivity index (χ3v) is 5.24. The van der Waals surface area contributed by atoms with Crippen molar-refractivity contribution < 1.29 is 19.4 Å². The number of rotatable bonds is 2. The van der Waals surface area contributed by atoms with Crippen LogP contribution in [0.5, 0.6) is 0 Å². The fraction of sp³-hybridized carbons (Fsp3) is 0.529. The Bertz CT molecular complexity index is 642. The number of aromatic carboxylic acids is 1. The van der Waals surface area contributed by atoms with Crippen molar-refractivity contribution in [3.63, 3.8) is 0 Å². The lowest BCUT2D eigenvalue weighted by Gasteiger charge is -2.33. The topological polar surface area (TPSA) is 66.8 Å². The van der Waals surface area contributed by atoms with Crippen LogP contribution in [-0.2, 0) is 22.5 Å². The highest BCUT2D eigenvalue weighted by atomic mass is 16.5. The summed E-state index contributed by atoms with van der Waals surface area (Å²) in [4.78, 5) is 26.0. The second kappa shape index (κ2) is 5.09. The van der Waals surface area contributed by atoms with E-state index in [2.05, 4.69) is 0 Å². The van der Waals surface area contributed by atoms with Gasteiger partial charge in [-0.1, -0.05) is 12.1 Å². The smallest absolute Gasteiger partial charge is 0.336 e. The summed E-state index contributed by atoms with van der Waals surface area (Å²) in [6.45, 7) is 1.08. The number of carboxylic acid groups (broad SMARTS) is 1. The van der Waals surface area contributed by atoms with Crippen LogP contribution in [0.4, 0.5) is 0 Å². The predicted molar refractivity (Wildman–Crippen MR) is 78.5 cm³/mol.